The third kappa shape index (κ3) is 2.44. The number of ether oxygens (including phenoxy) is 1. The summed E-state index contributed by atoms with van der Waals surface area (Å²) in [5.74, 6) is 0. The maximum Gasteiger partial charge on any atom is 0.0991 e. The van der Waals surface area contributed by atoms with Crippen molar-refractivity contribution in [1.29, 1.82) is 0 Å². The molecule has 0 aromatic heterocycles. The van der Waals surface area contributed by atoms with Crippen LogP contribution in [-0.4, -0.2) is 24.3 Å². The van der Waals surface area contributed by atoms with Gasteiger partial charge in [0.25, 0.3) is 0 Å². The van der Waals surface area contributed by atoms with Gasteiger partial charge in [-0.15, -0.1) is 0 Å². The van der Waals surface area contributed by atoms with Crippen molar-refractivity contribution in [3.8, 4) is 0 Å². The van der Waals surface area contributed by atoms with Crippen LogP contribution in [0.15, 0.2) is 0 Å². The van der Waals surface area contributed by atoms with Crippen molar-refractivity contribution in [3.63, 3.8) is 0 Å². The number of rotatable bonds is 3. The fraction of sp³-hybridized carbons (Fsp3) is 1.00. The van der Waals surface area contributed by atoms with Gasteiger partial charge in [-0.3, -0.25) is 0 Å². The molecule has 13 heavy (non-hydrogen) atoms. The van der Waals surface area contributed by atoms with E-state index in [4.69, 9.17) is 4.74 Å². The average Bonchev–Trinajstić information content (AvgIpc) is 2.73. The topological polar surface area (TPSA) is 24.6 Å². The first-order chi connectivity index (χ1) is 6.18. The molecule has 1 unspecified atom stereocenters. The quantitative estimate of drug-likeness (QED) is 0.678. The molecule has 0 radical (unpaired) electrons. The zero-order chi connectivity index (χ0) is 9.31. The van der Waals surface area contributed by atoms with Crippen LogP contribution in [0.4, 0.5) is 0 Å². The Morgan fingerprint density at radius 3 is 2.38 bits per heavy atom. The van der Waals surface area contributed by atoms with Crippen molar-refractivity contribution in [1.82, 2.24) is 5.32 Å². The van der Waals surface area contributed by atoms with Crippen molar-refractivity contribution in [3.05, 3.63) is 0 Å². The van der Waals surface area contributed by atoms with Gasteiger partial charge < -0.3 is 10.1 Å². The molecule has 0 amide bonds. The summed E-state index contributed by atoms with van der Waals surface area (Å²) in [6.07, 6.45) is 7.46. The molecule has 0 aromatic rings. The van der Waals surface area contributed by atoms with E-state index >= 15 is 0 Å². The van der Waals surface area contributed by atoms with E-state index in [0.29, 0.717) is 6.10 Å². The van der Waals surface area contributed by atoms with Crippen LogP contribution in [-0.2, 0) is 4.74 Å². The van der Waals surface area contributed by atoms with Crippen LogP contribution in [0.25, 0.3) is 0 Å². The molecule has 76 valence electrons. The second-order valence-electron chi connectivity index (χ2n) is 4.95. The van der Waals surface area contributed by atoms with E-state index in [-0.39, 0.29) is 5.60 Å². The van der Waals surface area contributed by atoms with E-state index in [1.807, 2.05) is 0 Å². The fourth-order valence-electron chi connectivity index (χ4n) is 2.20. The molecule has 2 rings (SSSR count). The Hall–Kier alpha value is -0.0800. The standard InChI is InChI=1S/C11H21NO/c1-11(2)10(13-11)8-12-9-6-4-3-5-7-9/h9-10,12H,3-8H2,1-2H3. The molecule has 2 heteroatoms. The normalized spacial score (nSPS) is 33.2. The molecule has 1 heterocycles. The molecule has 2 fully saturated rings. The van der Waals surface area contributed by atoms with Crippen LogP contribution in [0.2, 0.25) is 0 Å². The van der Waals surface area contributed by atoms with Crippen molar-refractivity contribution >= 4 is 0 Å². The number of nitrogens with one attached hydrogen (secondary N) is 1. The molecule has 1 atom stereocenters. The Kier molecular flexibility index (Phi) is 2.61. The summed E-state index contributed by atoms with van der Waals surface area (Å²) in [4.78, 5) is 0. The van der Waals surface area contributed by atoms with E-state index < -0.39 is 0 Å². The minimum atomic E-state index is 0.154. The highest BCUT2D eigenvalue weighted by atomic mass is 16.6. The van der Waals surface area contributed by atoms with Gasteiger partial charge in [-0.05, 0) is 26.7 Å². The minimum absolute atomic E-state index is 0.154. The lowest BCUT2D eigenvalue weighted by molar-refractivity contribution is 0.309. The van der Waals surface area contributed by atoms with Crippen LogP contribution in [0.3, 0.4) is 0 Å². The predicted molar refractivity (Wildman–Crippen MR) is 53.8 cm³/mol. The monoisotopic (exact) mass is 183 g/mol. The molecule has 1 saturated carbocycles. The van der Waals surface area contributed by atoms with E-state index in [2.05, 4.69) is 19.2 Å². The van der Waals surface area contributed by atoms with E-state index in [9.17, 15) is 0 Å². The fourth-order valence-corrected chi connectivity index (χ4v) is 2.20. The SMILES string of the molecule is CC1(C)OC1CNC1CCCCC1. The molecule has 1 N–H and O–H groups in total. The van der Waals surface area contributed by atoms with E-state index in [0.717, 1.165) is 12.6 Å². The zero-order valence-corrected chi connectivity index (χ0v) is 8.81. The Morgan fingerprint density at radius 1 is 1.23 bits per heavy atom. The van der Waals surface area contributed by atoms with Crippen molar-refractivity contribution in [2.75, 3.05) is 6.54 Å². The largest absolute Gasteiger partial charge is 0.365 e. The average molecular weight is 183 g/mol. The van der Waals surface area contributed by atoms with Crippen LogP contribution in [0.1, 0.15) is 46.0 Å². The Morgan fingerprint density at radius 2 is 1.85 bits per heavy atom. The molecule has 0 spiro atoms. The first kappa shape index (κ1) is 9.47. The molecular weight excluding hydrogens is 162 g/mol. The van der Waals surface area contributed by atoms with Crippen LogP contribution >= 0.6 is 0 Å². The maximum atomic E-state index is 5.53. The summed E-state index contributed by atoms with van der Waals surface area (Å²) in [6, 6.07) is 0.772. The molecule has 1 saturated heterocycles. The molecule has 1 aliphatic carbocycles. The molecule has 1 aliphatic heterocycles. The first-order valence-corrected chi connectivity index (χ1v) is 5.60. The third-order valence-electron chi connectivity index (χ3n) is 3.36. The second-order valence-corrected chi connectivity index (χ2v) is 4.95. The van der Waals surface area contributed by atoms with Crippen molar-refractivity contribution < 1.29 is 4.74 Å². The Labute approximate surface area is 81.0 Å². The highest BCUT2D eigenvalue weighted by molar-refractivity contribution is 4.96. The van der Waals surface area contributed by atoms with Gasteiger partial charge in [-0.1, -0.05) is 19.3 Å². The number of hydrogen-bond donors (Lipinski definition) is 1. The van der Waals surface area contributed by atoms with Gasteiger partial charge in [0.05, 0.1) is 11.7 Å². The summed E-state index contributed by atoms with van der Waals surface area (Å²) in [5.41, 5.74) is 0.154. The van der Waals surface area contributed by atoms with Gasteiger partial charge in [0.2, 0.25) is 0 Å². The molecule has 0 bridgehead atoms. The van der Waals surface area contributed by atoms with E-state index in [1.165, 1.54) is 32.1 Å². The predicted octanol–water partition coefficient (Wildman–Crippen LogP) is 2.09. The van der Waals surface area contributed by atoms with Gasteiger partial charge in [0, 0.05) is 12.6 Å². The highest BCUT2D eigenvalue weighted by Gasteiger charge is 2.47. The maximum absolute atomic E-state index is 5.53. The molecule has 0 aromatic carbocycles. The first-order valence-electron chi connectivity index (χ1n) is 5.60. The summed E-state index contributed by atoms with van der Waals surface area (Å²) >= 11 is 0. The summed E-state index contributed by atoms with van der Waals surface area (Å²) in [6.45, 7) is 5.39. The lowest BCUT2D eigenvalue weighted by Gasteiger charge is -2.22. The second kappa shape index (κ2) is 3.58. The minimum Gasteiger partial charge on any atom is -0.365 e. The van der Waals surface area contributed by atoms with Gasteiger partial charge in [0.15, 0.2) is 0 Å². The van der Waals surface area contributed by atoms with Crippen LogP contribution in [0.5, 0.6) is 0 Å². The summed E-state index contributed by atoms with van der Waals surface area (Å²) < 4.78 is 5.53. The highest BCUT2D eigenvalue weighted by Crippen LogP contribution is 2.34. The molecular formula is C11H21NO. The van der Waals surface area contributed by atoms with Gasteiger partial charge in [-0.2, -0.15) is 0 Å². The number of hydrogen-bond acceptors (Lipinski definition) is 2. The zero-order valence-electron chi connectivity index (χ0n) is 8.81. The molecule has 2 aliphatic rings. The lowest BCUT2D eigenvalue weighted by atomic mass is 9.95. The van der Waals surface area contributed by atoms with Gasteiger partial charge >= 0.3 is 0 Å². The summed E-state index contributed by atoms with van der Waals surface area (Å²) in [5, 5.41) is 3.61. The van der Waals surface area contributed by atoms with E-state index in [1.54, 1.807) is 0 Å². The Balaban J connectivity index is 1.62. The lowest BCUT2D eigenvalue weighted by Crippen LogP contribution is -2.34. The molecule has 2 nitrogen and oxygen atoms in total. The third-order valence-corrected chi connectivity index (χ3v) is 3.36. The van der Waals surface area contributed by atoms with Crippen molar-refractivity contribution in [2.24, 2.45) is 0 Å². The van der Waals surface area contributed by atoms with Crippen LogP contribution in [0, 0.1) is 0 Å². The van der Waals surface area contributed by atoms with Gasteiger partial charge in [-0.25, -0.2) is 0 Å². The smallest absolute Gasteiger partial charge is 0.0991 e. The van der Waals surface area contributed by atoms with Gasteiger partial charge in [0.1, 0.15) is 0 Å². The van der Waals surface area contributed by atoms with Crippen LogP contribution < -0.4 is 5.32 Å². The Bertz CT molecular complexity index is 173. The number of epoxide rings is 1. The summed E-state index contributed by atoms with van der Waals surface area (Å²) in [7, 11) is 0. The van der Waals surface area contributed by atoms with Crippen molar-refractivity contribution in [2.45, 2.75) is 63.7 Å².